The third-order valence-corrected chi connectivity index (χ3v) is 4.16. The van der Waals surface area contributed by atoms with E-state index in [2.05, 4.69) is 0 Å². The highest BCUT2D eigenvalue weighted by molar-refractivity contribution is 5.89. The van der Waals surface area contributed by atoms with Crippen LogP contribution in [-0.4, -0.2) is 15.0 Å². The van der Waals surface area contributed by atoms with Crippen LogP contribution in [0.15, 0.2) is 67.0 Å². The predicted octanol–water partition coefficient (Wildman–Crippen LogP) is 2.79. The van der Waals surface area contributed by atoms with Crippen molar-refractivity contribution < 1.29 is 13.6 Å². The Bertz CT molecular complexity index is 1210. The average Bonchev–Trinajstić information content (AvgIpc) is 3.09. The smallest absolute Gasteiger partial charge is 0.408 e. The Hall–Kier alpha value is -3.35. The van der Waals surface area contributed by atoms with Gasteiger partial charge in [-0.15, -0.1) is 0 Å². The van der Waals surface area contributed by atoms with Crippen LogP contribution in [0.2, 0.25) is 0 Å². The standard InChI is InChI=1S/C18H14N2O5/c1-11(19-12-6-2-4-8-14(12)24-17(19)22)10-16(21)20-13-7-3-5-9-15(13)25-18(20)23/h2-9,11H,10H2,1H3. The minimum atomic E-state index is -0.734. The van der Waals surface area contributed by atoms with Crippen LogP contribution >= 0.6 is 0 Å². The van der Waals surface area contributed by atoms with Crippen molar-refractivity contribution in [2.45, 2.75) is 19.4 Å². The highest BCUT2D eigenvalue weighted by atomic mass is 16.4. The zero-order valence-corrected chi connectivity index (χ0v) is 13.3. The van der Waals surface area contributed by atoms with Gasteiger partial charge in [-0.2, -0.15) is 0 Å². The van der Waals surface area contributed by atoms with Crippen molar-refractivity contribution in [1.82, 2.24) is 9.13 Å². The molecule has 1 unspecified atom stereocenters. The lowest BCUT2D eigenvalue weighted by Crippen LogP contribution is -2.27. The lowest BCUT2D eigenvalue weighted by molar-refractivity contribution is 0.0881. The first-order chi connectivity index (χ1) is 12.1. The van der Waals surface area contributed by atoms with Crippen LogP contribution in [-0.2, 0) is 0 Å². The molecule has 7 heteroatoms. The van der Waals surface area contributed by atoms with Gasteiger partial charge >= 0.3 is 11.5 Å². The van der Waals surface area contributed by atoms with Crippen LogP contribution in [0.25, 0.3) is 22.2 Å². The van der Waals surface area contributed by atoms with Crippen LogP contribution in [0.5, 0.6) is 0 Å². The molecule has 25 heavy (non-hydrogen) atoms. The number of para-hydroxylation sites is 4. The molecule has 2 aromatic heterocycles. The molecule has 0 bridgehead atoms. The molecular weight excluding hydrogens is 324 g/mol. The molecule has 0 aliphatic carbocycles. The maximum atomic E-state index is 12.7. The second-order valence-corrected chi connectivity index (χ2v) is 5.82. The number of hydrogen-bond donors (Lipinski definition) is 0. The fourth-order valence-electron chi connectivity index (χ4n) is 3.04. The number of carbonyl (C=O) groups is 1. The number of nitrogens with zero attached hydrogens (tertiary/aromatic N) is 2. The van der Waals surface area contributed by atoms with Gasteiger partial charge in [-0.3, -0.25) is 9.36 Å². The van der Waals surface area contributed by atoms with Crippen LogP contribution in [0.1, 0.15) is 24.2 Å². The van der Waals surface area contributed by atoms with Crippen molar-refractivity contribution in [2.75, 3.05) is 0 Å². The third-order valence-electron chi connectivity index (χ3n) is 4.16. The predicted molar refractivity (Wildman–Crippen MR) is 90.9 cm³/mol. The number of benzene rings is 2. The van der Waals surface area contributed by atoms with Gasteiger partial charge in [0.15, 0.2) is 11.2 Å². The number of fused-ring (bicyclic) bond motifs is 2. The highest BCUT2D eigenvalue weighted by Gasteiger charge is 2.21. The molecule has 0 amide bonds. The van der Waals surface area contributed by atoms with Gasteiger partial charge in [0.05, 0.1) is 11.0 Å². The molecule has 1 atom stereocenters. The van der Waals surface area contributed by atoms with Gasteiger partial charge in [-0.1, -0.05) is 24.3 Å². The molecule has 0 aliphatic rings. The highest BCUT2D eigenvalue weighted by Crippen LogP contribution is 2.20. The Balaban J connectivity index is 1.73. The van der Waals surface area contributed by atoms with Gasteiger partial charge in [0.25, 0.3) is 0 Å². The van der Waals surface area contributed by atoms with E-state index in [-0.39, 0.29) is 6.42 Å². The summed E-state index contributed by atoms with van der Waals surface area (Å²) >= 11 is 0. The Morgan fingerprint density at radius 3 is 2.20 bits per heavy atom. The van der Waals surface area contributed by atoms with Crippen molar-refractivity contribution in [1.29, 1.82) is 0 Å². The van der Waals surface area contributed by atoms with E-state index in [4.69, 9.17) is 8.83 Å². The van der Waals surface area contributed by atoms with Crippen molar-refractivity contribution >= 4 is 28.1 Å². The van der Waals surface area contributed by atoms with E-state index in [1.54, 1.807) is 55.5 Å². The summed E-state index contributed by atoms with van der Waals surface area (Å²) in [6, 6.07) is 13.2. The first kappa shape index (κ1) is 15.2. The summed E-state index contributed by atoms with van der Waals surface area (Å²) in [6.07, 6.45) is -0.0487. The second kappa shape index (κ2) is 5.62. The Morgan fingerprint density at radius 1 is 0.920 bits per heavy atom. The van der Waals surface area contributed by atoms with Gasteiger partial charge in [-0.05, 0) is 31.2 Å². The molecule has 126 valence electrons. The molecule has 0 spiro atoms. The van der Waals surface area contributed by atoms with E-state index < -0.39 is 23.5 Å². The summed E-state index contributed by atoms with van der Waals surface area (Å²) < 4.78 is 12.7. The van der Waals surface area contributed by atoms with Crippen molar-refractivity contribution in [2.24, 2.45) is 0 Å². The van der Waals surface area contributed by atoms with Crippen molar-refractivity contribution in [3.8, 4) is 0 Å². The third kappa shape index (κ3) is 2.40. The molecule has 0 aliphatic heterocycles. The van der Waals surface area contributed by atoms with Gasteiger partial charge in [-0.25, -0.2) is 14.2 Å². The molecule has 0 N–H and O–H groups in total. The van der Waals surface area contributed by atoms with E-state index in [9.17, 15) is 14.4 Å². The number of rotatable bonds is 3. The van der Waals surface area contributed by atoms with Crippen LogP contribution in [0.3, 0.4) is 0 Å². The van der Waals surface area contributed by atoms with Crippen LogP contribution < -0.4 is 11.5 Å². The number of aromatic nitrogens is 2. The van der Waals surface area contributed by atoms with E-state index in [0.717, 1.165) is 4.57 Å². The second-order valence-electron chi connectivity index (χ2n) is 5.82. The van der Waals surface area contributed by atoms with E-state index in [1.807, 2.05) is 0 Å². The number of hydrogen-bond acceptors (Lipinski definition) is 5. The molecule has 4 rings (SSSR count). The van der Waals surface area contributed by atoms with Crippen molar-refractivity contribution in [3.63, 3.8) is 0 Å². The van der Waals surface area contributed by atoms with Gasteiger partial charge in [0.2, 0.25) is 5.91 Å². The summed E-state index contributed by atoms with van der Waals surface area (Å²) in [7, 11) is 0. The molecular formula is C18H14N2O5. The summed E-state index contributed by atoms with van der Waals surface area (Å²) in [4.78, 5) is 36.8. The first-order valence-corrected chi connectivity index (χ1v) is 7.80. The quantitative estimate of drug-likeness (QED) is 0.573. The maximum Gasteiger partial charge on any atom is 0.426 e. The lowest BCUT2D eigenvalue weighted by Gasteiger charge is -2.11. The monoisotopic (exact) mass is 338 g/mol. The molecule has 2 aromatic carbocycles. The Kier molecular flexibility index (Phi) is 3.42. The van der Waals surface area contributed by atoms with Crippen molar-refractivity contribution in [3.05, 3.63) is 69.6 Å². The van der Waals surface area contributed by atoms with Crippen LogP contribution in [0.4, 0.5) is 0 Å². The van der Waals surface area contributed by atoms with E-state index in [0.29, 0.717) is 22.2 Å². The average molecular weight is 338 g/mol. The Morgan fingerprint density at radius 2 is 1.48 bits per heavy atom. The first-order valence-electron chi connectivity index (χ1n) is 7.80. The largest absolute Gasteiger partial charge is 0.426 e. The minimum Gasteiger partial charge on any atom is -0.408 e. The van der Waals surface area contributed by atoms with Gasteiger partial charge in [0, 0.05) is 12.5 Å². The molecule has 0 saturated heterocycles. The van der Waals surface area contributed by atoms with Gasteiger partial charge in [0.1, 0.15) is 0 Å². The van der Waals surface area contributed by atoms with E-state index in [1.165, 1.54) is 4.57 Å². The number of carbonyl (C=O) groups excluding carboxylic acids is 1. The Labute approximate surface area is 140 Å². The topological polar surface area (TPSA) is 87.4 Å². The molecule has 7 nitrogen and oxygen atoms in total. The SMILES string of the molecule is CC(CC(=O)n1c(=O)oc2ccccc21)n1c(=O)oc2ccccc21. The molecule has 0 saturated carbocycles. The van der Waals surface area contributed by atoms with Crippen LogP contribution in [0, 0.1) is 0 Å². The summed E-state index contributed by atoms with van der Waals surface area (Å²) in [6.45, 7) is 1.73. The minimum absolute atomic E-state index is 0.0487. The zero-order chi connectivity index (χ0) is 17.6. The molecule has 2 heterocycles. The molecule has 4 aromatic rings. The molecule has 0 fully saturated rings. The fraction of sp³-hybridized carbons (Fsp3) is 0.167. The fourth-order valence-corrected chi connectivity index (χ4v) is 3.04. The lowest BCUT2D eigenvalue weighted by atomic mass is 10.2. The molecule has 0 radical (unpaired) electrons. The normalized spacial score (nSPS) is 12.7. The number of oxazole rings is 2. The zero-order valence-electron chi connectivity index (χ0n) is 13.3. The summed E-state index contributed by atoms with van der Waals surface area (Å²) in [5.41, 5.74) is 1.82. The summed E-state index contributed by atoms with van der Waals surface area (Å²) in [5, 5.41) is 0. The summed E-state index contributed by atoms with van der Waals surface area (Å²) in [5.74, 6) is -1.71. The maximum absolute atomic E-state index is 12.7. The van der Waals surface area contributed by atoms with E-state index >= 15 is 0 Å². The van der Waals surface area contributed by atoms with Gasteiger partial charge < -0.3 is 8.83 Å².